The van der Waals surface area contributed by atoms with Gasteiger partial charge in [-0.2, -0.15) is 0 Å². The summed E-state index contributed by atoms with van der Waals surface area (Å²) in [6.07, 6.45) is 4.50. The van der Waals surface area contributed by atoms with Crippen molar-refractivity contribution in [3.05, 3.63) is 65.5 Å². The maximum atomic E-state index is 2.59. The van der Waals surface area contributed by atoms with Crippen molar-refractivity contribution in [1.29, 1.82) is 0 Å². The molecule has 2 aliphatic rings. The predicted octanol–water partition coefficient (Wildman–Crippen LogP) is 2.89. The molecule has 0 saturated carbocycles. The first-order chi connectivity index (χ1) is 12.1. The lowest BCUT2D eigenvalue weighted by Crippen LogP contribution is -2.73. The van der Waals surface area contributed by atoms with Crippen molar-refractivity contribution in [2.75, 3.05) is 4.81 Å². The molecule has 0 bridgehead atoms. The first-order valence-electron chi connectivity index (χ1n) is 9.15. The van der Waals surface area contributed by atoms with E-state index in [9.17, 15) is 0 Å². The second-order valence-electron chi connectivity index (χ2n) is 7.65. The van der Waals surface area contributed by atoms with E-state index < -0.39 is 0 Å². The normalized spacial score (nSPS) is 14.4. The molecule has 1 aromatic heterocycles. The van der Waals surface area contributed by atoms with Gasteiger partial charge in [0.25, 0.3) is 5.82 Å². The molecule has 3 nitrogen and oxygen atoms in total. The summed E-state index contributed by atoms with van der Waals surface area (Å²) in [5, 5.41) is 0. The van der Waals surface area contributed by atoms with Crippen molar-refractivity contribution in [1.82, 2.24) is 4.57 Å². The highest BCUT2D eigenvalue weighted by Crippen LogP contribution is 2.41. The molecular formula is C21H23BN3+. The maximum absolute atomic E-state index is 2.59. The van der Waals surface area contributed by atoms with Crippen LogP contribution in [0.4, 0.5) is 5.69 Å². The Labute approximate surface area is 149 Å². The molecule has 0 saturated heterocycles. The van der Waals surface area contributed by atoms with Crippen molar-refractivity contribution in [2.24, 2.45) is 0 Å². The Morgan fingerprint density at radius 1 is 1.04 bits per heavy atom. The molecule has 0 atom stereocenters. The molecule has 4 heteroatoms. The number of imidazole rings is 1. The molecule has 3 aromatic rings. The van der Waals surface area contributed by atoms with E-state index in [1.807, 2.05) is 0 Å². The van der Waals surface area contributed by atoms with Crippen LogP contribution in [-0.2, 0) is 6.54 Å². The summed E-state index contributed by atoms with van der Waals surface area (Å²) in [7, 11) is 0. The summed E-state index contributed by atoms with van der Waals surface area (Å²) < 4.78 is 4.88. The standard InChI is InChI=1S/C21H23BN3/c1-14(2)25-18-10-6-9-17-13-23-11-12-24(21(23)19(17)18)22(25)20-15(3)7-5-8-16(20)4/h5-12,14H,13H2,1-4H3/q+1. The van der Waals surface area contributed by atoms with Crippen LogP contribution in [-0.4, -0.2) is 17.6 Å². The van der Waals surface area contributed by atoms with Crippen LogP contribution in [0.15, 0.2) is 48.8 Å². The van der Waals surface area contributed by atoms with Crippen molar-refractivity contribution in [2.45, 2.75) is 40.3 Å². The fourth-order valence-electron chi connectivity index (χ4n) is 4.75. The van der Waals surface area contributed by atoms with Gasteiger partial charge in [-0.3, -0.25) is 4.48 Å². The SMILES string of the molecule is Cc1cccc(C)c1B1N(C(C)C)c2cccc3c2-c2n(cc[n+]21)C3. The fraction of sp³-hybridized carbons (Fsp3) is 0.286. The van der Waals surface area contributed by atoms with Crippen molar-refractivity contribution in [3.8, 4) is 11.4 Å². The molecule has 0 amide bonds. The minimum atomic E-state index is 0.207. The van der Waals surface area contributed by atoms with E-state index in [1.165, 1.54) is 39.2 Å². The number of nitrogens with zero attached hydrogens (tertiary/aromatic N) is 3. The summed E-state index contributed by atoms with van der Waals surface area (Å²) in [4.78, 5) is 2.59. The van der Waals surface area contributed by atoms with Crippen LogP contribution in [0.1, 0.15) is 30.5 Å². The van der Waals surface area contributed by atoms with Gasteiger partial charge in [0.05, 0.1) is 5.56 Å². The highest BCUT2D eigenvalue weighted by molar-refractivity contribution is 6.71. The average Bonchev–Trinajstić information content (AvgIpc) is 3.13. The van der Waals surface area contributed by atoms with E-state index in [0.29, 0.717) is 6.04 Å². The Hall–Kier alpha value is -2.49. The molecule has 3 heterocycles. The highest BCUT2D eigenvalue weighted by Gasteiger charge is 2.49. The Bertz CT molecular complexity index is 982. The van der Waals surface area contributed by atoms with Crippen LogP contribution in [0.5, 0.6) is 0 Å². The molecule has 0 N–H and O–H groups in total. The van der Waals surface area contributed by atoms with Gasteiger partial charge in [0.2, 0.25) is 0 Å². The first kappa shape index (κ1) is 14.8. The van der Waals surface area contributed by atoms with Gasteiger partial charge in [0.15, 0.2) is 0 Å². The zero-order valence-electron chi connectivity index (χ0n) is 15.3. The lowest BCUT2D eigenvalue weighted by Gasteiger charge is -2.37. The largest absolute Gasteiger partial charge is 0.538 e. The van der Waals surface area contributed by atoms with E-state index in [2.05, 4.69) is 90.3 Å². The zero-order valence-corrected chi connectivity index (χ0v) is 15.3. The number of hydrogen-bond donors (Lipinski definition) is 0. The Kier molecular flexibility index (Phi) is 2.97. The summed E-state index contributed by atoms with van der Waals surface area (Å²) in [5.74, 6) is 1.36. The zero-order chi connectivity index (χ0) is 17.3. The summed E-state index contributed by atoms with van der Waals surface area (Å²) >= 11 is 0. The van der Waals surface area contributed by atoms with E-state index >= 15 is 0 Å². The average molecular weight is 328 g/mol. The molecule has 5 rings (SSSR count). The monoisotopic (exact) mass is 328 g/mol. The van der Waals surface area contributed by atoms with E-state index in [4.69, 9.17) is 0 Å². The Morgan fingerprint density at radius 2 is 1.76 bits per heavy atom. The highest BCUT2D eigenvalue weighted by atomic mass is 15.3. The van der Waals surface area contributed by atoms with Crippen LogP contribution < -0.4 is 14.8 Å². The van der Waals surface area contributed by atoms with Gasteiger partial charge >= 0.3 is 6.98 Å². The first-order valence-corrected chi connectivity index (χ1v) is 9.15. The van der Waals surface area contributed by atoms with Gasteiger partial charge in [-0.1, -0.05) is 30.3 Å². The van der Waals surface area contributed by atoms with Gasteiger partial charge < -0.3 is 4.81 Å². The number of benzene rings is 2. The Morgan fingerprint density at radius 3 is 2.48 bits per heavy atom. The van der Waals surface area contributed by atoms with Gasteiger partial charge in [0, 0.05) is 22.8 Å². The van der Waals surface area contributed by atoms with Crippen molar-refractivity contribution in [3.63, 3.8) is 0 Å². The molecule has 2 aliphatic heterocycles. The van der Waals surface area contributed by atoms with Crippen LogP contribution in [0.25, 0.3) is 11.4 Å². The topological polar surface area (TPSA) is 12.1 Å². The summed E-state index contributed by atoms with van der Waals surface area (Å²) in [5.41, 5.74) is 8.38. The van der Waals surface area contributed by atoms with Crippen LogP contribution in [0, 0.1) is 13.8 Å². The van der Waals surface area contributed by atoms with Crippen molar-refractivity contribution >= 4 is 18.1 Å². The molecule has 0 spiro atoms. The molecule has 25 heavy (non-hydrogen) atoms. The minimum Gasteiger partial charge on any atom is -0.367 e. The molecule has 0 unspecified atom stereocenters. The van der Waals surface area contributed by atoms with Gasteiger partial charge in [-0.25, -0.2) is 4.57 Å². The second-order valence-corrected chi connectivity index (χ2v) is 7.65. The summed E-state index contributed by atoms with van der Waals surface area (Å²) in [6, 6.07) is 13.8. The van der Waals surface area contributed by atoms with E-state index in [0.717, 1.165) is 6.54 Å². The third kappa shape index (κ3) is 1.85. The van der Waals surface area contributed by atoms with Gasteiger partial charge in [-0.15, -0.1) is 0 Å². The molecule has 2 aromatic carbocycles. The van der Waals surface area contributed by atoms with E-state index in [-0.39, 0.29) is 6.98 Å². The van der Waals surface area contributed by atoms with Crippen LogP contribution >= 0.6 is 0 Å². The second kappa shape index (κ2) is 5.01. The smallest absolute Gasteiger partial charge is 0.367 e. The third-order valence-corrected chi connectivity index (χ3v) is 5.78. The number of rotatable bonds is 2. The van der Waals surface area contributed by atoms with Gasteiger partial charge in [-0.05, 0) is 44.9 Å². The predicted molar refractivity (Wildman–Crippen MR) is 103 cm³/mol. The van der Waals surface area contributed by atoms with Crippen LogP contribution in [0.3, 0.4) is 0 Å². The number of anilines is 1. The number of aromatic nitrogens is 2. The minimum absolute atomic E-state index is 0.207. The number of hydrogen-bond acceptors (Lipinski definition) is 1. The lowest BCUT2D eigenvalue weighted by molar-refractivity contribution is -0.523. The molecule has 0 fully saturated rings. The maximum Gasteiger partial charge on any atom is 0.538 e. The molecular weight excluding hydrogens is 305 g/mol. The fourth-order valence-corrected chi connectivity index (χ4v) is 4.75. The third-order valence-electron chi connectivity index (χ3n) is 5.78. The van der Waals surface area contributed by atoms with E-state index in [1.54, 1.807) is 0 Å². The van der Waals surface area contributed by atoms with Crippen molar-refractivity contribution < 1.29 is 4.48 Å². The Balaban J connectivity index is 1.86. The van der Waals surface area contributed by atoms with Gasteiger partial charge in [0.1, 0.15) is 18.9 Å². The quantitative estimate of drug-likeness (QED) is 0.515. The molecule has 0 aliphatic carbocycles. The summed E-state index contributed by atoms with van der Waals surface area (Å²) in [6.45, 7) is 10.3. The lowest BCUT2D eigenvalue weighted by atomic mass is 9.59. The van der Waals surface area contributed by atoms with Crippen LogP contribution in [0.2, 0.25) is 0 Å². The molecule has 0 radical (unpaired) electrons. The molecule has 124 valence electrons. The number of aryl methyl sites for hydroxylation is 2.